The second-order valence-corrected chi connectivity index (χ2v) is 25.4. The van der Waals surface area contributed by atoms with Crippen LogP contribution in [0.5, 0.6) is 0 Å². The molecule has 8 aromatic heterocycles. The van der Waals surface area contributed by atoms with Crippen molar-refractivity contribution in [1.82, 2.24) is 68.3 Å². The molecule has 14 rings (SSSR count). The molecule has 490 valence electrons. The van der Waals surface area contributed by atoms with E-state index in [-0.39, 0.29) is 42.7 Å². The number of carbonyl (C=O) groups excluding carboxylic acids is 2. The lowest BCUT2D eigenvalue weighted by Gasteiger charge is -2.41. The Kier molecular flexibility index (Phi) is 19.8. The fraction of sp³-hybridized carbons (Fsp3) is 0.362. The first-order valence-corrected chi connectivity index (χ1v) is 32.9. The number of likely N-dealkylation sites (tertiary alicyclic amines) is 2. The fourth-order valence-corrected chi connectivity index (χ4v) is 14.0. The Balaban J connectivity index is 0.000000186. The van der Waals surface area contributed by atoms with Crippen LogP contribution in [0, 0.1) is 46.1 Å². The second kappa shape index (κ2) is 28.8. The average molecular weight is 1320 g/mol. The van der Waals surface area contributed by atoms with Crippen molar-refractivity contribution >= 4 is 79.6 Å². The Morgan fingerprint density at radius 2 is 0.884 bits per heavy atom. The molecule has 2 aromatic carbocycles. The van der Waals surface area contributed by atoms with Gasteiger partial charge >= 0.3 is 0 Å². The number of anilines is 6. The molecule has 0 aliphatic carbocycles. The summed E-state index contributed by atoms with van der Waals surface area (Å²) in [4.78, 5) is 80.9. The first-order valence-electron chi connectivity index (χ1n) is 32.0. The standard InChI is InChI=1S/2C33H33FN10OS.C2H6.CH4/c2*1-4-26-30(41(3)33-39-29(27(15-35)46-33)21-5-8-25(34)9-6-21)44-20-22(7-10-28(44)38-26)23-16-36-32(37-17-23)43-13-11-42(12-14-43)31(45)24-18-40(2)19-24;1-2;/h2*5-10,16-17,20,24H,4,11-14,18-19H2,1-3H3;1-2H3;1H4/i;;1D;. The van der Waals surface area contributed by atoms with E-state index in [1.807, 2.05) is 118 Å². The summed E-state index contributed by atoms with van der Waals surface area (Å²) in [6.07, 6.45) is 12.8. The van der Waals surface area contributed by atoms with Crippen LogP contribution in [0.15, 0.2) is 110 Å². The predicted molar refractivity (Wildman–Crippen MR) is 369 cm³/mol. The number of amides is 2. The summed E-state index contributed by atoms with van der Waals surface area (Å²) in [5.74, 6) is 3.11. The summed E-state index contributed by atoms with van der Waals surface area (Å²) in [6.45, 7) is 15.3. The molecular formula is C69H76F2N20O2S2. The van der Waals surface area contributed by atoms with Crippen molar-refractivity contribution in [2.45, 2.75) is 47.9 Å². The molecule has 0 radical (unpaired) electrons. The van der Waals surface area contributed by atoms with Crippen molar-refractivity contribution in [3.8, 4) is 56.9 Å². The van der Waals surface area contributed by atoms with E-state index in [0.29, 0.717) is 127 Å². The van der Waals surface area contributed by atoms with Gasteiger partial charge in [0.1, 0.15) is 67.8 Å². The Morgan fingerprint density at radius 1 is 0.547 bits per heavy atom. The molecule has 4 saturated heterocycles. The molecule has 10 aromatic rings. The van der Waals surface area contributed by atoms with Gasteiger partial charge in [0, 0.05) is 165 Å². The van der Waals surface area contributed by atoms with Gasteiger partial charge in [-0.05, 0) is 99.7 Å². The lowest BCUT2D eigenvalue weighted by Crippen LogP contribution is -2.57. The van der Waals surface area contributed by atoms with Gasteiger partial charge in [0.15, 0.2) is 10.3 Å². The minimum Gasteiger partial charge on any atom is -0.339 e. The Bertz CT molecular complexity index is 4180. The largest absolute Gasteiger partial charge is 0.339 e. The molecule has 26 heteroatoms. The maximum atomic E-state index is 13.6. The SMILES string of the molecule is C.CCc1nc2ccc(-c3cnc(N4CCN(C(=O)C5CN(C)C5)CC4)nc3)cn2c1N(C)c1nc(-c2ccc(F)cc2)c(C#N)s1.CCc1nc2ccc(-c3cnc(N4CCN(C(=O)C5CN(C)C5)CC4)nc3)cn2c1N(C)c1nc(-c2ccc(F)cc2)c(C#N)s1.[2H]CC. The summed E-state index contributed by atoms with van der Waals surface area (Å²) in [5, 5.41) is 21.0. The lowest BCUT2D eigenvalue weighted by molar-refractivity contribution is -0.141. The zero-order chi connectivity index (χ0) is 66.6. The number of fused-ring (bicyclic) bond motifs is 2. The topological polar surface area (TPSA) is 220 Å². The highest BCUT2D eigenvalue weighted by Gasteiger charge is 2.36. The van der Waals surface area contributed by atoms with Gasteiger partial charge in [-0.2, -0.15) is 10.5 Å². The molecular weight excluding hydrogens is 1240 g/mol. The van der Waals surface area contributed by atoms with Crippen LogP contribution in [0.2, 0.25) is 0 Å². The highest BCUT2D eigenvalue weighted by Crippen LogP contribution is 2.40. The first kappa shape index (κ1) is 65.2. The quantitative estimate of drug-likeness (QED) is 0.0988. The monoisotopic (exact) mass is 1320 g/mol. The fourth-order valence-electron chi connectivity index (χ4n) is 12.3. The normalized spacial score (nSPS) is 15.3. The number of aromatic nitrogens is 10. The molecule has 0 unspecified atom stereocenters. The summed E-state index contributed by atoms with van der Waals surface area (Å²) in [6, 6.07) is 24.5. The number of carbonyl (C=O) groups is 2. The van der Waals surface area contributed by atoms with Crippen LogP contribution in [-0.4, -0.2) is 187 Å². The molecule has 4 aliphatic rings. The Labute approximate surface area is 561 Å². The molecule has 0 saturated carbocycles. The molecule has 95 heavy (non-hydrogen) atoms. The summed E-state index contributed by atoms with van der Waals surface area (Å²) in [5.41, 5.74) is 9.38. The molecule has 4 aliphatic heterocycles. The van der Waals surface area contributed by atoms with Crippen LogP contribution in [0.25, 0.3) is 56.1 Å². The van der Waals surface area contributed by atoms with Gasteiger partial charge in [-0.15, -0.1) is 0 Å². The number of pyridine rings is 2. The van der Waals surface area contributed by atoms with E-state index in [4.69, 9.17) is 41.2 Å². The van der Waals surface area contributed by atoms with Crippen LogP contribution in [0.1, 0.15) is 57.6 Å². The van der Waals surface area contributed by atoms with Crippen molar-refractivity contribution in [2.75, 3.05) is 126 Å². The van der Waals surface area contributed by atoms with E-state index in [2.05, 4.69) is 45.6 Å². The smallest absolute Gasteiger partial charge is 0.228 e. The number of rotatable bonds is 14. The molecule has 4 fully saturated rings. The highest BCUT2D eigenvalue weighted by atomic mass is 32.1. The van der Waals surface area contributed by atoms with E-state index in [0.717, 1.165) is 82.8 Å². The average Bonchev–Trinajstić information content (AvgIpc) is 1.70. The zero-order valence-electron chi connectivity index (χ0n) is 54.5. The first-order chi connectivity index (χ1) is 46.1. The maximum absolute atomic E-state index is 13.6. The number of hydrogen-bond acceptors (Lipinski definition) is 20. The second-order valence-electron chi connectivity index (χ2n) is 23.5. The number of thiazole rings is 2. The Morgan fingerprint density at radius 3 is 1.20 bits per heavy atom. The highest BCUT2D eigenvalue weighted by molar-refractivity contribution is 7.17. The summed E-state index contributed by atoms with van der Waals surface area (Å²) < 4.78 is 37.4. The third kappa shape index (κ3) is 13.6. The number of aryl methyl sites for hydroxylation is 2. The third-order valence-electron chi connectivity index (χ3n) is 17.4. The number of piperazine rings is 2. The van der Waals surface area contributed by atoms with Crippen LogP contribution in [-0.2, 0) is 22.4 Å². The summed E-state index contributed by atoms with van der Waals surface area (Å²) >= 11 is 2.57. The van der Waals surface area contributed by atoms with Crippen molar-refractivity contribution in [3.05, 3.63) is 143 Å². The predicted octanol–water partition coefficient (Wildman–Crippen LogP) is 10.6. The number of hydrogen-bond donors (Lipinski definition) is 0. The molecule has 22 nitrogen and oxygen atoms in total. The molecule has 0 N–H and O–H groups in total. The van der Waals surface area contributed by atoms with Crippen molar-refractivity contribution in [2.24, 2.45) is 11.8 Å². The minimum absolute atomic E-state index is 0. The van der Waals surface area contributed by atoms with Crippen molar-refractivity contribution in [1.29, 1.82) is 10.5 Å². The van der Waals surface area contributed by atoms with Gasteiger partial charge in [-0.3, -0.25) is 18.4 Å². The number of nitriles is 2. The summed E-state index contributed by atoms with van der Waals surface area (Å²) in [7, 11) is 7.91. The van der Waals surface area contributed by atoms with Gasteiger partial charge in [-0.1, -0.05) is 57.8 Å². The van der Waals surface area contributed by atoms with Crippen molar-refractivity contribution in [3.63, 3.8) is 0 Å². The van der Waals surface area contributed by atoms with Gasteiger partial charge in [0.25, 0.3) is 0 Å². The third-order valence-corrected chi connectivity index (χ3v) is 19.5. The Hall–Kier alpha value is -9.86. The van der Waals surface area contributed by atoms with E-state index in [9.17, 15) is 28.9 Å². The van der Waals surface area contributed by atoms with Gasteiger partial charge in [0.2, 0.25) is 23.7 Å². The number of benzene rings is 2. The zero-order valence-corrected chi connectivity index (χ0v) is 55.1. The number of halogens is 2. The van der Waals surface area contributed by atoms with E-state index in [1.54, 1.807) is 31.2 Å². The number of imidazole rings is 2. The minimum atomic E-state index is -0.340. The molecule has 2 amide bonds. The van der Waals surface area contributed by atoms with Crippen molar-refractivity contribution < 1.29 is 19.7 Å². The van der Waals surface area contributed by atoms with Crippen LogP contribution < -0.4 is 19.6 Å². The van der Waals surface area contributed by atoms with Gasteiger partial charge in [-0.25, -0.2) is 48.7 Å². The maximum Gasteiger partial charge on any atom is 0.228 e. The van der Waals surface area contributed by atoms with E-state index in [1.165, 1.54) is 46.9 Å². The molecule has 12 heterocycles. The van der Waals surface area contributed by atoms with E-state index >= 15 is 0 Å². The van der Waals surface area contributed by atoms with Gasteiger partial charge in [0.05, 0.1) is 23.2 Å². The van der Waals surface area contributed by atoms with E-state index < -0.39 is 0 Å². The molecule has 0 bridgehead atoms. The van der Waals surface area contributed by atoms with Gasteiger partial charge < -0.3 is 39.2 Å². The van der Waals surface area contributed by atoms with Crippen LogP contribution in [0.4, 0.5) is 42.6 Å². The van der Waals surface area contributed by atoms with Crippen LogP contribution in [0.3, 0.4) is 0 Å². The molecule has 0 spiro atoms. The lowest BCUT2D eigenvalue weighted by atomic mass is 9.99. The van der Waals surface area contributed by atoms with Crippen LogP contribution >= 0.6 is 22.7 Å². The molecule has 0 atom stereocenters. The number of nitrogens with zero attached hydrogens (tertiary/aromatic N) is 20.